The minimum atomic E-state index is -0.704. The Morgan fingerprint density at radius 2 is 2.14 bits per heavy atom. The van der Waals surface area contributed by atoms with Gasteiger partial charge in [-0.1, -0.05) is 0 Å². The Morgan fingerprint density at radius 3 is 2.86 bits per heavy atom. The third-order valence-electron chi connectivity index (χ3n) is 3.37. The molecule has 0 unspecified atom stereocenters. The normalized spacial score (nSPS) is 17.7. The summed E-state index contributed by atoms with van der Waals surface area (Å²) in [5, 5.41) is 5.03. The van der Waals surface area contributed by atoms with Crippen molar-refractivity contribution in [1.82, 2.24) is 10.2 Å². The van der Waals surface area contributed by atoms with Gasteiger partial charge in [0.1, 0.15) is 11.6 Å². The van der Waals surface area contributed by atoms with Gasteiger partial charge in [-0.15, -0.1) is 0 Å². The summed E-state index contributed by atoms with van der Waals surface area (Å²) in [7, 11) is 0. The average molecular weight is 297 g/mol. The van der Waals surface area contributed by atoms with Crippen molar-refractivity contribution < 1.29 is 18.4 Å². The van der Waals surface area contributed by atoms with E-state index in [4.69, 9.17) is 0 Å². The van der Waals surface area contributed by atoms with Crippen molar-refractivity contribution in [3.63, 3.8) is 0 Å². The van der Waals surface area contributed by atoms with E-state index < -0.39 is 17.7 Å². The molecule has 1 saturated heterocycles. The van der Waals surface area contributed by atoms with Crippen LogP contribution in [0.25, 0.3) is 0 Å². The van der Waals surface area contributed by atoms with Crippen LogP contribution in [0.15, 0.2) is 18.2 Å². The molecule has 1 fully saturated rings. The van der Waals surface area contributed by atoms with Crippen molar-refractivity contribution in [3.8, 4) is 0 Å². The number of likely N-dealkylation sites (tertiary alicyclic amines) is 1. The Morgan fingerprint density at radius 1 is 1.38 bits per heavy atom. The first-order valence-electron chi connectivity index (χ1n) is 6.80. The first kappa shape index (κ1) is 15.2. The smallest absolute Gasteiger partial charge is 0.321 e. The zero-order valence-corrected chi connectivity index (χ0v) is 11.7. The van der Waals surface area contributed by atoms with Crippen LogP contribution in [0, 0.1) is 17.6 Å². The van der Waals surface area contributed by atoms with E-state index in [2.05, 4.69) is 10.6 Å². The number of nitrogens with one attached hydrogen (secondary N) is 2. The van der Waals surface area contributed by atoms with Crippen molar-refractivity contribution in [2.45, 2.75) is 13.3 Å². The fraction of sp³-hybridized carbons (Fsp3) is 0.429. The number of hydrogen-bond acceptors (Lipinski definition) is 2. The molecule has 0 aromatic heterocycles. The predicted octanol–water partition coefficient (Wildman–Crippen LogP) is 1.95. The molecule has 1 atom stereocenters. The Hall–Kier alpha value is -2.18. The van der Waals surface area contributed by atoms with E-state index in [-0.39, 0.29) is 24.1 Å². The van der Waals surface area contributed by atoms with E-state index in [1.807, 2.05) is 6.92 Å². The molecule has 7 heteroatoms. The second kappa shape index (κ2) is 6.51. The number of carbonyl (C=O) groups excluding carboxylic acids is 2. The van der Waals surface area contributed by atoms with Crippen molar-refractivity contribution in [1.29, 1.82) is 0 Å². The van der Waals surface area contributed by atoms with Crippen LogP contribution >= 0.6 is 0 Å². The van der Waals surface area contributed by atoms with Crippen LogP contribution in [-0.4, -0.2) is 36.5 Å². The van der Waals surface area contributed by atoms with E-state index >= 15 is 0 Å². The summed E-state index contributed by atoms with van der Waals surface area (Å²) in [5.41, 5.74) is -0.207. The first-order valence-corrected chi connectivity index (χ1v) is 6.80. The van der Waals surface area contributed by atoms with Gasteiger partial charge in [-0.05, 0) is 25.5 Å². The van der Waals surface area contributed by atoms with Crippen LogP contribution in [0.4, 0.5) is 19.3 Å². The monoisotopic (exact) mass is 297 g/mol. The van der Waals surface area contributed by atoms with E-state index in [1.54, 1.807) is 0 Å². The topological polar surface area (TPSA) is 61.4 Å². The van der Waals surface area contributed by atoms with Crippen LogP contribution in [0.3, 0.4) is 0 Å². The fourth-order valence-corrected chi connectivity index (χ4v) is 2.26. The van der Waals surface area contributed by atoms with Gasteiger partial charge < -0.3 is 15.5 Å². The number of rotatable bonds is 3. The summed E-state index contributed by atoms with van der Waals surface area (Å²) in [4.78, 5) is 25.1. The van der Waals surface area contributed by atoms with Crippen LogP contribution in [0.1, 0.15) is 13.3 Å². The van der Waals surface area contributed by atoms with Crippen molar-refractivity contribution in [2.24, 2.45) is 5.92 Å². The Labute approximate surface area is 121 Å². The second-order valence-electron chi connectivity index (χ2n) is 4.88. The van der Waals surface area contributed by atoms with Gasteiger partial charge in [-0.25, -0.2) is 13.6 Å². The van der Waals surface area contributed by atoms with Gasteiger partial charge in [0.05, 0.1) is 11.6 Å². The molecule has 3 amide bonds. The molecule has 0 spiro atoms. The lowest BCUT2D eigenvalue weighted by atomic mass is 10.1. The van der Waals surface area contributed by atoms with Crippen molar-refractivity contribution >= 4 is 17.6 Å². The SMILES string of the molecule is CCNC(=O)[C@@H]1CCN(C(=O)Nc2cc(F)ccc2F)C1. The van der Waals surface area contributed by atoms with Crippen molar-refractivity contribution in [2.75, 3.05) is 25.0 Å². The molecule has 0 bridgehead atoms. The zero-order valence-electron chi connectivity index (χ0n) is 11.7. The Balaban J connectivity index is 1.96. The maximum atomic E-state index is 13.5. The quantitative estimate of drug-likeness (QED) is 0.896. The largest absolute Gasteiger partial charge is 0.356 e. The number of nitrogens with zero attached hydrogens (tertiary/aromatic N) is 1. The number of benzene rings is 1. The standard InChI is InChI=1S/C14H17F2N3O2/c1-2-17-13(20)9-5-6-19(8-9)14(21)18-12-7-10(15)3-4-11(12)16/h3-4,7,9H,2,5-6,8H2,1H3,(H,17,20)(H,18,21)/t9-/m1/s1. The number of urea groups is 1. The van der Waals surface area contributed by atoms with Crippen LogP contribution in [0.2, 0.25) is 0 Å². The lowest BCUT2D eigenvalue weighted by Gasteiger charge is -2.17. The molecule has 21 heavy (non-hydrogen) atoms. The Kier molecular flexibility index (Phi) is 4.72. The van der Waals surface area contributed by atoms with Crippen LogP contribution in [0.5, 0.6) is 0 Å². The van der Waals surface area contributed by atoms with Gasteiger partial charge >= 0.3 is 6.03 Å². The summed E-state index contributed by atoms with van der Waals surface area (Å²) in [6.45, 7) is 3.04. The molecule has 2 N–H and O–H groups in total. The molecule has 1 aromatic rings. The summed E-state index contributed by atoms with van der Waals surface area (Å²) >= 11 is 0. The summed E-state index contributed by atoms with van der Waals surface area (Å²) in [6, 6.07) is 2.31. The second-order valence-corrected chi connectivity index (χ2v) is 4.88. The molecule has 1 aromatic carbocycles. The highest BCUT2D eigenvalue weighted by atomic mass is 19.1. The lowest BCUT2D eigenvalue weighted by molar-refractivity contribution is -0.124. The summed E-state index contributed by atoms with van der Waals surface area (Å²) in [6.07, 6.45) is 0.560. The Bertz CT molecular complexity index is 551. The molecular weight excluding hydrogens is 280 g/mol. The highest BCUT2D eigenvalue weighted by Gasteiger charge is 2.31. The van der Waals surface area contributed by atoms with Crippen molar-refractivity contribution in [3.05, 3.63) is 29.8 Å². The van der Waals surface area contributed by atoms with Gasteiger partial charge in [0.2, 0.25) is 5.91 Å². The maximum Gasteiger partial charge on any atom is 0.321 e. The van der Waals surface area contributed by atoms with Gasteiger partial charge in [-0.2, -0.15) is 0 Å². The first-order chi connectivity index (χ1) is 10.0. The lowest BCUT2D eigenvalue weighted by Crippen LogP contribution is -2.36. The third-order valence-corrected chi connectivity index (χ3v) is 3.37. The molecule has 2 rings (SSSR count). The highest BCUT2D eigenvalue weighted by Crippen LogP contribution is 2.20. The molecule has 5 nitrogen and oxygen atoms in total. The molecule has 0 radical (unpaired) electrons. The summed E-state index contributed by atoms with van der Waals surface area (Å²) < 4.78 is 26.5. The highest BCUT2D eigenvalue weighted by molar-refractivity contribution is 5.90. The van der Waals surface area contributed by atoms with E-state index in [0.29, 0.717) is 19.5 Å². The molecule has 1 heterocycles. The summed E-state index contributed by atoms with van der Waals surface area (Å²) in [5.74, 6) is -1.68. The number of anilines is 1. The van der Waals surface area contributed by atoms with Gasteiger partial charge in [-0.3, -0.25) is 4.79 Å². The average Bonchev–Trinajstić information content (AvgIpc) is 2.93. The fourth-order valence-electron chi connectivity index (χ4n) is 2.26. The number of halogens is 2. The van der Waals surface area contributed by atoms with E-state index in [9.17, 15) is 18.4 Å². The van der Waals surface area contributed by atoms with Gasteiger partial charge in [0, 0.05) is 25.7 Å². The van der Waals surface area contributed by atoms with Crippen LogP contribution < -0.4 is 10.6 Å². The molecule has 114 valence electrons. The van der Waals surface area contributed by atoms with Gasteiger partial charge in [0.25, 0.3) is 0 Å². The van der Waals surface area contributed by atoms with E-state index in [0.717, 1.165) is 18.2 Å². The number of carbonyl (C=O) groups is 2. The van der Waals surface area contributed by atoms with E-state index in [1.165, 1.54) is 4.90 Å². The third kappa shape index (κ3) is 3.68. The molecule has 0 saturated carbocycles. The van der Waals surface area contributed by atoms with Crippen LogP contribution in [-0.2, 0) is 4.79 Å². The molecule has 0 aliphatic carbocycles. The minimum absolute atomic E-state index is 0.0928. The molecular formula is C14H17F2N3O2. The zero-order chi connectivity index (χ0) is 15.4. The number of hydrogen-bond donors (Lipinski definition) is 2. The molecule has 1 aliphatic heterocycles. The number of amides is 3. The predicted molar refractivity (Wildman–Crippen MR) is 73.7 cm³/mol. The van der Waals surface area contributed by atoms with Gasteiger partial charge in [0.15, 0.2) is 0 Å². The molecule has 1 aliphatic rings. The minimum Gasteiger partial charge on any atom is -0.356 e. The maximum absolute atomic E-state index is 13.5.